The van der Waals surface area contributed by atoms with E-state index in [1.807, 2.05) is 25.1 Å². The van der Waals surface area contributed by atoms with E-state index in [4.69, 9.17) is 4.74 Å². The summed E-state index contributed by atoms with van der Waals surface area (Å²) in [5.41, 5.74) is 1.37. The summed E-state index contributed by atoms with van der Waals surface area (Å²) in [7, 11) is 0. The van der Waals surface area contributed by atoms with Crippen molar-refractivity contribution >= 4 is 6.08 Å². The molecule has 0 amide bonds. The van der Waals surface area contributed by atoms with Gasteiger partial charge in [0.05, 0.1) is 5.69 Å². The van der Waals surface area contributed by atoms with Crippen molar-refractivity contribution in [1.29, 1.82) is 0 Å². The number of pyridine rings is 1. The summed E-state index contributed by atoms with van der Waals surface area (Å²) in [6, 6.07) is 10.4. The summed E-state index contributed by atoms with van der Waals surface area (Å²) in [5, 5.41) is 0. The minimum Gasteiger partial charge on any atom is -0.487 e. The molecular formula is C15H14FNO. The summed E-state index contributed by atoms with van der Waals surface area (Å²) in [5.74, 6) is 0.220. The van der Waals surface area contributed by atoms with Gasteiger partial charge in [-0.25, -0.2) is 4.39 Å². The third kappa shape index (κ3) is 3.17. The Hall–Kier alpha value is -2.16. The molecule has 1 heterocycles. The van der Waals surface area contributed by atoms with Gasteiger partial charge in [-0.15, -0.1) is 0 Å². The van der Waals surface area contributed by atoms with Crippen molar-refractivity contribution in [3.63, 3.8) is 0 Å². The van der Waals surface area contributed by atoms with Crippen LogP contribution in [0.4, 0.5) is 4.39 Å². The van der Waals surface area contributed by atoms with E-state index in [1.54, 1.807) is 30.5 Å². The average Bonchev–Trinajstić information content (AvgIpc) is 2.41. The molecule has 1 aromatic heterocycles. The minimum atomic E-state index is -0.286. The molecule has 18 heavy (non-hydrogen) atoms. The number of rotatable bonds is 4. The molecule has 0 saturated carbocycles. The van der Waals surface area contributed by atoms with Crippen LogP contribution >= 0.6 is 0 Å². The van der Waals surface area contributed by atoms with E-state index in [1.165, 1.54) is 6.07 Å². The fourth-order valence-corrected chi connectivity index (χ4v) is 1.55. The molecule has 0 unspecified atom stereocenters. The first-order chi connectivity index (χ1) is 8.79. The zero-order chi connectivity index (χ0) is 12.8. The van der Waals surface area contributed by atoms with Crippen molar-refractivity contribution in [2.24, 2.45) is 0 Å². The van der Waals surface area contributed by atoms with Gasteiger partial charge in [-0.05, 0) is 31.2 Å². The van der Waals surface area contributed by atoms with Crippen LogP contribution in [0.25, 0.3) is 6.08 Å². The molecule has 3 heteroatoms. The Balaban J connectivity index is 2.04. The van der Waals surface area contributed by atoms with Crippen LogP contribution in [0, 0.1) is 5.82 Å². The Morgan fingerprint density at radius 1 is 1.28 bits per heavy atom. The fourth-order valence-electron chi connectivity index (χ4n) is 1.55. The number of benzene rings is 1. The highest BCUT2D eigenvalue weighted by molar-refractivity contribution is 5.51. The first-order valence-corrected chi connectivity index (χ1v) is 5.74. The number of hydrogen-bond donors (Lipinski definition) is 0. The number of ether oxygens (including phenoxy) is 1. The van der Waals surface area contributed by atoms with E-state index in [0.717, 1.165) is 5.69 Å². The number of hydrogen-bond acceptors (Lipinski definition) is 2. The van der Waals surface area contributed by atoms with E-state index in [0.29, 0.717) is 17.9 Å². The molecular weight excluding hydrogens is 229 g/mol. The predicted octanol–water partition coefficient (Wildman–Crippen LogP) is 3.83. The quantitative estimate of drug-likeness (QED) is 0.814. The number of aromatic nitrogens is 1. The summed E-state index contributed by atoms with van der Waals surface area (Å²) in [6.07, 6.45) is 5.22. The lowest BCUT2D eigenvalue weighted by Crippen LogP contribution is -1.98. The Kier molecular flexibility index (Phi) is 4.07. The molecule has 0 saturated heterocycles. The molecule has 0 radical (unpaired) electrons. The van der Waals surface area contributed by atoms with Gasteiger partial charge in [-0.3, -0.25) is 4.98 Å². The normalized spacial score (nSPS) is 10.8. The summed E-state index contributed by atoms with van der Waals surface area (Å²) in [4.78, 5) is 4.13. The standard InChI is InChI=1S/C15H14FNO/c1-2-5-12-7-8-14(10-15(12)16)18-11-13-6-3-4-9-17-13/h2-10H,11H2,1H3/b5-2+. The van der Waals surface area contributed by atoms with Crippen molar-refractivity contribution in [3.8, 4) is 5.75 Å². The predicted molar refractivity (Wildman–Crippen MR) is 69.7 cm³/mol. The van der Waals surface area contributed by atoms with Crippen LogP contribution in [0.2, 0.25) is 0 Å². The lowest BCUT2D eigenvalue weighted by molar-refractivity contribution is 0.300. The molecule has 0 fully saturated rings. The summed E-state index contributed by atoms with van der Waals surface area (Å²) >= 11 is 0. The number of allylic oxidation sites excluding steroid dienone is 1. The molecule has 1 aromatic carbocycles. The minimum absolute atomic E-state index is 0.286. The van der Waals surface area contributed by atoms with Gasteiger partial charge in [0, 0.05) is 17.8 Å². The maximum Gasteiger partial charge on any atom is 0.134 e. The molecule has 2 aromatic rings. The second kappa shape index (κ2) is 5.96. The van der Waals surface area contributed by atoms with Crippen molar-refractivity contribution < 1.29 is 9.13 Å². The van der Waals surface area contributed by atoms with Gasteiger partial charge in [-0.2, -0.15) is 0 Å². The van der Waals surface area contributed by atoms with Gasteiger partial charge in [0.1, 0.15) is 18.2 Å². The zero-order valence-electron chi connectivity index (χ0n) is 10.1. The lowest BCUT2D eigenvalue weighted by Gasteiger charge is -2.06. The van der Waals surface area contributed by atoms with E-state index >= 15 is 0 Å². The maximum absolute atomic E-state index is 13.6. The van der Waals surface area contributed by atoms with Crippen LogP contribution in [-0.4, -0.2) is 4.98 Å². The first kappa shape index (κ1) is 12.3. The summed E-state index contributed by atoms with van der Waals surface area (Å²) < 4.78 is 19.1. The molecule has 0 atom stereocenters. The third-order valence-electron chi connectivity index (χ3n) is 2.43. The number of nitrogens with zero attached hydrogens (tertiary/aromatic N) is 1. The van der Waals surface area contributed by atoms with Gasteiger partial charge in [0.15, 0.2) is 0 Å². The Morgan fingerprint density at radius 2 is 2.17 bits per heavy atom. The van der Waals surface area contributed by atoms with Crippen LogP contribution in [0.15, 0.2) is 48.7 Å². The van der Waals surface area contributed by atoms with E-state index in [2.05, 4.69) is 4.98 Å². The summed E-state index contributed by atoms with van der Waals surface area (Å²) in [6.45, 7) is 2.19. The number of halogens is 1. The topological polar surface area (TPSA) is 22.1 Å². The van der Waals surface area contributed by atoms with Gasteiger partial charge >= 0.3 is 0 Å². The fraction of sp³-hybridized carbons (Fsp3) is 0.133. The van der Waals surface area contributed by atoms with Crippen LogP contribution in [0.5, 0.6) is 5.75 Å². The van der Waals surface area contributed by atoms with Crippen molar-refractivity contribution in [3.05, 3.63) is 65.7 Å². The molecule has 0 spiro atoms. The van der Waals surface area contributed by atoms with E-state index in [9.17, 15) is 4.39 Å². The Bertz CT molecular complexity index is 537. The van der Waals surface area contributed by atoms with Crippen molar-refractivity contribution in [2.45, 2.75) is 13.5 Å². The monoisotopic (exact) mass is 243 g/mol. The largest absolute Gasteiger partial charge is 0.487 e. The lowest BCUT2D eigenvalue weighted by atomic mass is 10.2. The molecule has 0 aliphatic carbocycles. The second-order valence-electron chi connectivity index (χ2n) is 3.79. The van der Waals surface area contributed by atoms with Gasteiger partial charge in [0.25, 0.3) is 0 Å². The average molecular weight is 243 g/mol. The molecule has 0 N–H and O–H groups in total. The molecule has 2 rings (SSSR count). The van der Waals surface area contributed by atoms with E-state index in [-0.39, 0.29) is 5.82 Å². The Morgan fingerprint density at radius 3 is 2.83 bits per heavy atom. The smallest absolute Gasteiger partial charge is 0.134 e. The second-order valence-corrected chi connectivity index (χ2v) is 3.79. The van der Waals surface area contributed by atoms with Crippen LogP contribution in [-0.2, 0) is 6.61 Å². The Labute approximate surface area is 106 Å². The molecule has 0 aliphatic rings. The maximum atomic E-state index is 13.6. The third-order valence-corrected chi connectivity index (χ3v) is 2.43. The van der Waals surface area contributed by atoms with Gasteiger partial charge < -0.3 is 4.74 Å². The van der Waals surface area contributed by atoms with Crippen LogP contribution < -0.4 is 4.74 Å². The molecule has 0 aliphatic heterocycles. The van der Waals surface area contributed by atoms with Crippen LogP contribution in [0.1, 0.15) is 18.2 Å². The molecule has 92 valence electrons. The van der Waals surface area contributed by atoms with Gasteiger partial charge in [-0.1, -0.05) is 18.2 Å². The highest BCUT2D eigenvalue weighted by atomic mass is 19.1. The highest BCUT2D eigenvalue weighted by Crippen LogP contribution is 2.18. The van der Waals surface area contributed by atoms with Gasteiger partial charge in [0.2, 0.25) is 0 Å². The van der Waals surface area contributed by atoms with Crippen LogP contribution in [0.3, 0.4) is 0 Å². The van der Waals surface area contributed by atoms with E-state index < -0.39 is 0 Å². The molecule has 2 nitrogen and oxygen atoms in total. The van der Waals surface area contributed by atoms with Crippen molar-refractivity contribution in [1.82, 2.24) is 4.98 Å². The molecule has 0 bridgehead atoms. The van der Waals surface area contributed by atoms with Crippen molar-refractivity contribution in [2.75, 3.05) is 0 Å². The zero-order valence-corrected chi connectivity index (χ0v) is 10.1. The SMILES string of the molecule is C/C=C/c1ccc(OCc2ccccn2)cc1F. The first-order valence-electron chi connectivity index (χ1n) is 5.74. The highest BCUT2D eigenvalue weighted by Gasteiger charge is 2.02.